The van der Waals surface area contributed by atoms with E-state index < -0.39 is 9.73 Å². The molecule has 0 saturated heterocycles. The normalized spacial score (nSPS) is 16.9. The van der Waals surface area contributed by atoms with Crippen molar-refractivity contribution in [1.82, 2.24) is 20.6 Å². The van der Waals surface area contributed by atoms with Crippen LogP contribution in [0.4, 0.5) is 0 Å². The maximum absolute atomic E-state index is 11.8. The standard InChI is InChI=1S/C8H18N6OS/c1-2-3-5-16(10,15)6-4-7(9)8-11-13-14-12-8/h7,10H,2-6,9H2,1H3,(H,11,12,13,14)/t7-,16?/m0/s1. The molecular weight excluding hydrogens is 228 g/mol. The Labute approximate surface area is 95.2 Å². The minimum Gasteiger partial charge on any atom is -0.321 e. The zero-order chi connectivity index (χ0) is 12.0. The number of aromatic nitrogens is 4. The van der Waals surface area contributed by atoms with Crippen LogP contribution in [0.5, 0.6) is 0 Å². The van der Waals surface area contributed by atoms with Gasteiger partial charge in [-0.25, -0.2) is 9.31 Å². The zero-order valence-electron chi connectivity index (χ0n) is 9.35. The first-order chi connectivity index (χ1) is 7.55. The zero-order valence-corrected chi connectivity index (χ0v) is 10.2. The van der Waals surface area contributed by atoms with Crippen molar-refractivity contribution in [3.05, 3.63) is 5.82 Å². The van der Waals surface area contributed by atoms with Gasteiger partial charge in [0.25, 0.3) is 0 Å². The summed E-state index contributed by atoms with van der Waals surface area (Å²) < 4.78 is 19.4. The summed E-state index contributed by atoms with van der Waals surface area (Å²) in [6.07, 6.45) is 2.23. The van der Waals surface area contributed by atoms with Gasteiger partial charge in [0.1, 0.15) is 0 Å². The molecule has 0 saturated carbocycles. The summed E-state index contributed by atoms with van der Waals surface area (Å²) in [7, 11) is -2.49. The Balaban J connectivity index is 2.39. The smallest absolute Gasteiger partial charge is 0.165 e. The van der Waals surface area contributed by atoms with Gasteiger partial charge in [0.15, 0.2) is 5.82 Å². The Hall–Kier alpha value is -1.02. The summed E-state index contributed by atoms with van der Waals surface area (Å²) in [4.78, 5) is 0. The summed E-state index contributed by atoms with van der Waals surface area (Å²) in [6.45, 7) is 2.02. The van der Waals surface area contributed by atoms with Crippen molar-refractivity contribution in [2.24, 2.45) is 5.73 Å². The van der Waals surface area contributed by atoms with E-state index in [0.717, 1.165) is 12.8 Å². The Bertz CT molecular complexity index is 387. The minimum atomic E-state index is -2.49. The van der Waals surface area contributed by atoms with Crippen LogP contribution in [0.25, 0.3) is 0 Å². The maximum atomic E-state index is 11.8. The molecule has 16 heavy (non-hydrogen) atoms. The predicted molar refractivity (Wildman–Crippen MR) is 61.2 cm³/mol. The third-order valence-electron chi connectivity index (χ3n) is 2.30. The number of aromatic amines is 1. The molecule has 0 spiro atoms. The van der Waals surface area contributed by atoms with Gasteiger partial charge in [-0.3, -0.25) is 4.78 Å². The second kappa shape index (κ2) is 5.90. The van der Waals surface area contributed by atoms with Crippen LogP contribution in [0.3, 0.4) is 0 Å². The number of nitrogens with one attached hydrogen (secondary N) is 2. The van der Waals surface area contributed by atoms with E-state index in [0.29, 0.717) is 23.8 Å². The first kappa shape index (κ1) is 13.0. The molecule has 0 radical (unpaired) electrons. The number of tetrazole rings is 1. The van der Waals surface area contributed by atoms with Crippen LogP contribution in [0.2, 0.25) is 0 Å². The van der Waals surface area contributed by atoms with Crippen LogP contribution in [0.15, 0.2) is 0 Å². The van der Waals surface area contributed by atoms with Crippen LogP contribution in [0.1, 0.15) is 38.1 Å². The van der Waals surface area contributed by atoms with Crippen molar-refractivity contribution in [3.8, 4) is 0 Å². The van der Waals surface area contributed by atoms with Gasteiger partial charge in [0.05, 0.1) is 6.04 Å². The third-order valence-corrected chi connectivity index (χ3v) is 4.14. The van der Waals surface area contributed by atoms with E-state index in [1.54, 1.807) is 0 Å². The molecule has 0 fully saturated rings. The van der Waals surface area contributed by atoms with Crippen LogP contribution in [-0.2, 0) is 9.73 Å². The quantitative estimate of drug-likeness (QED) is 0.644. The Morgan fingerprint density at radius 2 is 2.31 bits per heavy atom. The van der Waals surface area contributed by atoms with E-state index in [9.17, 15) is 4.21 Å². The average Bonchev–Trinajstić information content (AvgIpc) is 2.77. The fraction of sp³-hybridized carbons (Fsp3) is 0.875. The molecule has 0 aromatic carbocycles. The number of nitrogens with zero attached hydrogens (tertiary/aromatic N) is 3. The van der Waals surface area contributed by atoms with E-state index in [2.05, 4.69) is 20.6 Å². The summed E-state index contributed by atoms with van der Waals surface area (Å²) in [5, 5.41) is 13.1. The lowest BCUT2D eigenvalue weighted by Gasteiger charge is -2.09. The molecular formula is C8H18N6OS. The summed E-state index contributed by atoms with van der Waals surface area (Å²) in [6, 6.07) is -0.372. The highest BCUT2D eigenvalue weighted by molar-refractivity contribution is 7.92. The van der Waals surface area contributed by atoms with Crippen molar-refractivity contribution in [1.29, 1.82) is 4.78 Å². The maximum Gasteiger partial charge on any atom is 0.165 e. The number of rotatable bonds is 7. The number of H-pyrrole nitrogens is 1. The van der Waals surface area contributed by atoms with Crippen molar-refractivity contribution in [2.75, 3.05) is 11.5 Å². The van der Waals surface area contributed by atoms with Gasteiger partial charge < -0.3 is 5.73 Å². The first-order valence-corrected chi connectivity index (χ1v) is 7.18. The lowest BCUT2D eigenvalue weighted by Crippen LogP contribution is -2.18. The number of hydrogen-bond donors (Lipinski definition) is 3. The summed E-state index contributed by atoms with van der Waals surface area (Å²) >= 11 is 0. The summed E-state index contributed by atoms with van der Waals surface area (Å²) in [5.41, 5.74) is 5.79. The fourth-order valence-electron chi connectivity index (χ4n) is 1.26. The molecule has 1 rings (SSSR count). The monoisotopic (exact) mass is 246 g/mol. The molecule has 0 bridgehead atoms. The van der Waals surface area contributed by atoms with Gasteiger partial charge in [0, 0.05) is 21.2 Å². The molecule has 0 amide bonds. The van der Waals surface area contributed by atoms with Crippen LogP contribution in [-0.4, -0.2) is 36.3 Å². The topological polar surface area (TPSA) is 121 Å². The van der Waals surface area contributed by atoms with Gasteiger partial charge in [0.2, 0.25) is 0 Å². The largest absolute Gasteiger partial charge is 0.321 e. The predicted octanol–water partition coefficient (Wildman–Crippen LogP) is 0.436. The number of unbranched alkanes of at least 4 members (excludes halogenated alkanes) is 1. The van der Waals surface area contributed by atoms with Gasteiger partial charge in [-0.1, -0.05) is 13.3 Å². The van der Waals surface area contributed by atoms with Gasteiger partial charge in [-0.15, -0.1) is 5.10 Å². The molecule has 2 atom stereocenters. The molecule has 8 heteroatoms. The molecule has 1 heterocycles. The SMILES string of the molecule is CCCCS(=N)(=O)CC[C@H](N)c1nnn[nH]1. The van der Waals surface area contributed by atoms with Gasteiger partial charge >= 0.3 is 0 Å². The Kier molecular flexibility index (Phi) is 4.81. The van der Waals surface area contributed by atoms with Gasteiger partial charge in [-0.05, 0) is 23.3 Å². The summed E-state index contributed by atoms with van der Waals surface area (Å²) in [5.74, 6) is 1.23. The first-order valence-electron chi connectivity index (χ1n) is 5.28. The fourth-order valence-corrected chi connectivity index (χ4v) is 2.85. The molecule has 7 nitrogen and oxygen atoms in total. The minimum absolute atomic E-state index is 0.300. The van der Waals surface area contributed by atoms with Gasteiger partial charge in [-0.2, -0.15) is 0 Å². The van der Waals surface area contributed by atoms with Crippen molar-refractivity contribution < 1.29 is 4.21 Å². The van der Waals surface area contributed by atoms with E-state index in [4.69, 9.17) is 10.5 Å². The molecule has 4 N–H and O–H groups in total. The third kappa shape index (κ3) is 4.23. The number of hydrogen-bond acceptors (Lipinski definition) is 6. The number of nitrogens with two attached hydrogens (primary N) is 1. The average molecular weight is 246 g/mol. The van der Waals surface area contributed by atoms with Crippen molar-refractivity contribution >= 4 is 9.73 Å². The van der Waals surface area contributed by atoms with Crippen molar-refractivity contribution in [3.63, 3.8) is 0 Å². The molecule has 0 aliphatic rings. The molecule has 1 aromatic heterocycles. The van der Waals surface area contributed by atoms with Crippen LogP contribution in [0, 0.1) is 4.78 Å². The van der Waals surface area contributed by atoms with E-state index in [-0.39, 0.29) is 6.04 Å². The van der Waals surface area contributed by atoms with E-state index in [1.807, 2.05) is 6.92 Å². The molecule has 0 aliphatic carbocycles. The molecule has 1 aromatic rings. The second-order valence-electron chi connectivity index (χ2n) is 3.76. The Morgan fingerprint density at radius 1 is 1.56 bits per heavy atom. The molecule has 0 aliphatic heterocycles. The highest BCUT2D eigenvalue weighted by Crippen LogP contribution is 2.10. The second-order valence-corrected chi connectivity index (χ2v) is 6.20. The van der Waals surface area contributed by atoms with E-state index in [1.165, 1.54) is 0 Å². The Morgan fingerprint density at radius 3 is 2.88 bits per heavy atom. The lowest BCUT2D eigenvalue weighted by atomic mass is 10.2. The lowest BCUT2D eigenvalue weighted by molar-refractivity contribution is 0.633. The van der Waals surface area contributed by atoms with Crippen LogP contribution < -0.4 is 5.73 Å². The van der Waals surface area contributed by atoms with Crippen LogP contribution >= 0.6 is 0 Å². The molecule has 92 valence electrons. The highest BCUT2D eigenvalue weighted by atomic mass is 32.2. The highest BCUT2D eigenvalue weighted by Gasteiger charge is 2.13. The van der Waals surface area contributed by atoms with Crippen molar-refractivity contribution in [2.45, 2.75) is 32.2 Å². The van der Waals surface area contributed by atoms with E-state index >= 15 is 0 Å². The molecule has 1 unspecified atom stereocenters.